The number of amides is 1. The van der Waals surface area contributed by atoms with E-state index in [2.05, 4.69) is 15.3 Å². The van der Waals surface area contributed by atoms with Crippen molar-refractivity contribution in [2.75, 3.05) is 0 Å². The molecule has 0 saturated heterocycles. The number of hydrogen-bond acceptors (Lipinski definition) is 4. The lowest BCUT2D eigenvalue weighted by Crippen LogP contribution is -2.35. The molecule has 1 fully saturated rings. The van der Waals surface area contributed by atoms with Gasteiger partial charge in [0.05, 0.1) is 17.1 Å². The minimum Gasteiger partial charge on any atom is -0.353 e. The van der Waals surface area contributed by atoms with Crippen molar-refractivity contribution in [2.45, 2.75) is 63.8 Å². The summed E-state index contributed by atoms with van der Waals surface area (Å²) >= 11 is 1.64. The third-order valence-corrected chi connectivity index (χ3v) is 5.44. The molecule has 3 rings (SSSR count). The molecule has 0 bridgehead atoms. The van der Waals surface area contributed by atoms with E-state index in [1.54, 1.807) is 11.3 Å². The van der Waals surface area contributed by atoms with Crippen LogP contribution in [-0.2, 0) is 24.1 Å². The van der Waals surface area contributed by atoms with Crippen molar-refractivity contribution in [3.05, 3.63) is 46.2 Å². The third-order valence-electron chi connectivity index (χ3n) is 4.48. The summed E-state index contributed by atoms with van der Waals surface area (Å²) in [5, 5.41) is 6.29. The van der Waals surface area contributed by atoms with Crippen LogP contribution in [0, 0.1) is 0 Å². The zero-order chi connectivity index (χ0) is 16.6. The van der Waals surface area contributed by atoms with E-state index >= 15 is 0 Å². The van der Waals surface area contributed by atoms with Gasteiger partial charge in [0.1, 0.15) is 0 Å². The standard InChI is InChI=1S/C19H25N3OS/c23-18(21-16-8-3-1-2-4-9-16)13-17-14-24-19(22-17)11-10-15-7-5-6-12-20-15/h5-7,12,14,16H,1-4,8-11,13H2,(H,21,23). The van der Waals surface area contributed by atoms with Crippen LogP contribution in [0.5, 0.6) is 0 Å². The first-order chi connectivity index (χ1) is 11.8. The van der Waals surface area contributed by atoms with Crippen LogP contribution >= 0.6 is 11.3 Å². The summed E-state index contributed by atoms with van der Waals surface area (Å²) in [6, 6.07) is 6.34. The van der Waals surface area contributed by atoms with Crippen LogP contribution in [0.4, 0.5) is 0 Å². The third kappa shape index (κ3) is 5.41. The van der Waals surface area contributed by atoms with Crippen LogP contribution in [0.15, 0.2) is 29.8 Å². The Morgan fingerprint density at radius 1 is 1.12 bits per heavy atom. The number of nitrogens with one attached hydrogen (secondary N) is 1. The van der Waals surface area contributed by atoms with E-state index in [0.717, 1.165) is 42.1 Å². The Bertz CT molecular complexity index is 633. The van der Waals surface area contributed by atoms with Gasteiger partial charge in [0.25, 0.3) is 0 Å². The molecule has 0 unspecified atom stereocenters. The van der Waals surface area contributed by atoms with Crippen LogP contribution in [0.25, 0.3) is 0 Å². The van der Waals surface area contributed by atoms with E-state index in [9.17, 15) is 4.79 Å². The highest BCUT2D eigenvalue weighted by Gasteiger charge is 2.15. The molecule has 0 atom stereocenters. The van der Waals surface area contributed by atoms with Gasteiger partial charge in [0.2, 0.25) is 5.91 Å². The molecule has 128 valence electrons. The van der Waals surface area contributed by atoms with Gasteiger partial charge in [-0.25, -0.2) is 4.98 Å². The molecule has 4 nitrogen and oxygen atoms in total. The van der Waals surface area contributed by atoms with Crippen molar-refractivity contribution in [2.24, 2.45) is 0 Å². The van der Waals surface area contributed by atoms with Crippen LogP contribution in [-0.4, -0.2) is 21.9 Å². The quantitative estimate of drug-likeness (QED) is 0.814. The van der Waals surface area contributed by atoms with Gasteiger partial charge < -0.3 is 5.32 Å². The first kappa shape index (κ1) is 17.1. The number of nitrogens with zero attached hydrogens (tertiary/aromatic N) is 2. The average Bonchev–Trinajstić information content (AvgIpc) is 2.88. The molecule has 0 spiro atoms. The van der Waals surface area contributed by atoms with Crippen molar-refractivity contribution in [1.82, 2.24) is 15.3 Å². The molecular formula is C19H25N3OS. The normalized spacial score (nSPS) is 15.8. The van der Waals surface area contributed by atoms with Crippen LogP contribution in [0.2, 0.25) is 0 Å². The van der Waals surface area contributed by atoms with E-state index in [1.807, 2.05) is 29.8 Å². The monoisotopic (exact) mass is 343 g/mol. The molecule has 0 aliphatic heterocycles. The Balaban J connectivity index is 1.45. The fourth-order valence-electron chi connectivity index (χ4n) is 3.19. The molecule has 5 heteroatoms. The maximum atomic E-state index is 12.2. The highest BCUT2D eigenvalue weighted by Crippen LogP contribution is 2.18. The number of carbonyl (C=O) groups excluding carboxylic acids is 1. The maximum Gasteiger partial charge on any atom is 0.226 e. The summed E-state index contributed by atoms with van der Waals surface area (Å²) < 4.78 is 0. The lowest BCUT2D eigenvalue weighted by atomic mass is 10.1. The lowest BCUT2D eigenvalue weighted by Gasteiger charge is -2.15. The fourth-order valence-corrected chi connectivity index (χ4v) is 3.99. The van der Waals surface area contributed by atoms with Gasteiger partial charge in [-0.1, -0.05) is 31.7 Å². The number of thiazole rings is 1. The smallest absolute Gasteiger partial charge is 0.226 e. The summed E-state index contributed by atoms with van der Waals surface area (Å²) in [5.74, 6) is 0.114. The summed E-state index contributed by atoms with van der Waals surface area (Å²) in [5.41, 5.74) is 1.97. The molecule has 2 aromatic heterocycles. The average molecular weight is 343 g/mol. The predicted octanol–water partition coefficient (Wildman–Crippen LogP) is 3.70. The highest BCUT2D eigenvalue weighted by molar-refractivity contribution is 7.09. The molecule has 1 aliphatic rings. The van der Waals surface area contributed by atoms with Crippen molar-refractivity contribution in [3.63, 3.8) is 0 Å². The number of pyridine rings is 1. The summed E-state index contributed by atoms with van der Waals surface area (Å²) in [6.07, 6.45) is 11.3. The number of aromatic nitrogens is 2. The minimum absolute atomic E-state index is 0.114. The number of carbonyl (C=O) groups is 1. The first-order valence-corrected chi connectivity index (χ1v) is 9.80. The van der Waals surface area contributed by atoms with Gasteiger partial charge >= 0.3 is 0 Å². The van der Waals surface area contributed by atoms with E-state index in [0.29, 0.717) is 12.5 Å². The Morgan fingerprint density at radius 2 is 1.96 bits per heavy atom. The first-order valence-electron chi connectivity index (χ1n) is 8.92. The second kappa shape index (κ2) is 8.92. The molecule has 2 aromatic rings. The Labute approximate surface area is 147 Å². The summed E-state index contributed by atoms with van der Waals surface area (Å²) in [7, 11) is 0. The molecule has 24 heavy (non-hydrogen) atoms. The fraction of sp³-hybridized carbons (Fsp3) is 0.526. The highest BCUT2D eigenvalue weighted by atomic mass is 32.1. The minimum atomic E-state index is 0.114. The van der Waals surface area contributed by atoms with Gasteiger partial charge in [0, 0.05) is 29.7 Å². The Morgan fingerprint density at radius 3 is 2.71 bits per heavy atom. The summed E-state index contributed by atoms with van der Waals surface area (Å²) in [4.78, 5) is 21.2. The molecule has 1 N–H and O–H groups in total. The molecule has 1 saturated carbocycles. The molecule has 0 radical (unpaired) electrons. The lowest BCUT2D eigenvalue weighted by molar-refractivity contribution is -0.121. The van der Waals surface area contributed by atoms with E-state index < -0.39 is 0 Å². The number of rotatable bonds is 6. The largest absolute Gasteiger partial charge is 0.353 e. The van der Waals surface area contributed by atoms with Gasteiger partial charge in [-0.3, -0.25) is 9.78 Å². The van der Waals surface area contributed by atoms with Crippen LogP contribution < -0.4 is 5.32 Å². The van der Waals surface area contributed by atoms with E-state index in [1.165, 1.54) is 25.7 Å². The van der Waals surface area contributed by atoms with Crippen molar-refractivity contribution in [3.8, 4) is 0 Å². The summed E-state index contributed by atoms with van der Waals surface area (Å²) in [6.45, 7) is 0. The van der Waals surface area contributed by atoms with Gasteiger partial charge in [-0.05, 0) is 31.4 Å². The van der Waals surface area contributed by atoms with Gasteiger partial charge in [0.15, 0.2) is 0 Å². The van der Waals surface area contributed by atoms with E-state index in [-0.39, 0.29) is 5.91 Å². The molecular weight excluding hydrogens is 318 g/mol. The molecule has 1 amide bonds. The number of aryl methyl sites for hydroxylation is 2. The topological polar surface area (TPSA) is 54.9 Å². The van der Waals surface area contributed by atoms with Crippen LogP contribution in [0.1, 0.15) is 54.9 Å². The maximum absolute atomic E-state index is 12.2. The van der Waals surface area contributed by atoms with Crippen molar-refractivity contribution < 1.29 is 4.79 Å². The SMILES string of the molecule is O=C(Cc1csc(CCc2ccccn2)n1)NC1CCCCCC1. The van der Waals surface area contributed by atoms with E-state index in [4.69, 9.17) is 0 Å². The van der Waals surface area contributed by atoms with Crippen LogP contribution in [0.3, 0.4) is 0 Å². The van der Waals surface area contributed by atoms with Crippen molar-refractivity contribution in [1.29, 1.82) is 0 Å². The Hall–Kier alpha value is -1.75. The predicted molar refractivity (Wildman–Crippen MR) is 97.1 cm³/mol. The molecule has 0 aromatic carbocycles. The molecule has 1 aliphatic carbocycles. The second-order valence-electron chi connectivity index (χ2n) is 6.49. The van der Waals surface area contributed by atoms with Gasteiger partial charge in [-0.15, -0.1) is 11.3 Å². The second-order valence-corrected chi connectivity index (χ2v) is 7.43. The van der Waals surface area contributed by atoms with Gasteiger partial charge in [-0.2, -0.15) is 0 Å². The zero-order valence-corrected chi connectivity index (χ0v) is 14.9. The number of hydrogen-bond donors (Lipinski definition) is 1. The van der Waals surface area contributed by atoms with Crippen molar-refractivity contribution >= 4 is 17.2 Å². The Kier molecular flexibility index (Phi) is 6.35. The molecule has 2 heterocycles. The zero-order valence-electron chi connectivity index (χ0n) is 14.0.